The topological polar surface area (TPSA) is 72.3 Å². The molecule has 7 nitrogen and oxygen atoms in total. The van der Waals surface area contributed by atoms with Crippen LogP contribution in [0.4, 0.5) is 5.13 Å². The van der Waals surface area contributed by atoms with E-state index in [1.165, 1.54) is 25.7 Å². The van der Waals surface area contributed by atoms with Crippen LogP contribution in [0.15, 0.2) is 24.3 Å². The van der Waals surface area contributed by atoms with Crippen LogP contribution in [0, 0.1) is 6.92 Å². The van der Waals surface area contributed by atoms with E-state index in [0.717, 1.165) is 45.5 Å². The first-order chi connectivity index (χ1) is 14.5. The second-order valence-electron chi connectivity index (χ2n) is 7.96. The third-order valence-electron chi connectivity index (χ3n) is 5.62. The number of methoxy groups -OCH3 is 1. The number of hydrogen-bond donors (Lipinski definition) is 1. The maximum absolute atomic E-state index is 12.6. The van der Waals surface area contributed by atoms with Gasteiger partial charge in [-0.15, -0.1) is 0 Å². The molecule has 1 aliphatic rings. The van der Waals surface area contributed by atoms with Gasteiger partial charge in [0.25, 0.3) is 0 Å². The maximum Gasteiger partial charge on any atom is 0.239 e. The minimum atomic E-state index is 0.0668. The van der Waals surface area contributed by atoms with Gasteiger partial charge < -0.3 is 15.0 Å². The number of thiazole rings is 1. The highest BCUT2D eigenvalue weighted by atomic mass is 32.1. The molecule has 1 aliphatic carbocycles. The molecular formula is C22H29N5O2S. The number of fused-ring (bicyclic) bond motifs is 1. The second kappa shape index (κ2) is 9.04. The molecule has 2 heterocycles. The molecule has 3 aromatic rings. The summed E-state index contributed by atoms with van der Waals surface area (Å²) in [4.78, 5) is 19.3. The number of ether oxygens (including phenoxy) is 1. The zero-order chi connectivity index (χ0) is 21.1. The van der Waals surface area contributed by atoms with Crippen LogP contribution >= 0.6 is 11.3 Å². The molecule has 1 saturated carbocycles. The summed E-state index contributed by atoms with van der Waals surface area (Å²) in [6.07, 6.45) is 7.16. The quantitative estimate of drug-likeness (QED) is 0.600. The predicted octanol–water partition coefficient (Wildman–Crippen LogP) is 4.07. The Kier molecular flexibility index (Phi) is 6.22. The lowest BCUT2D eigenvalue weighted by molar-refractivity contribution is -0.120. The van der Waals surface area contributed by atoms with Gasteiger partial charge in [-0.25, -0.2) is 4.68 Å². The van der Waals surface area contributed by atoms with E-state index in [4.69, 9.17) is 9.72 Å². The van der Waals surface area contributed by atoms with Crippen LogP contribution in [0.3, 0.4) is 0 Å². The Morgan fingerprint density at radius 1 is 1.23 bits per heavy atom. The van der Waals surface area contributed by atoms with E-state index in [0.29, 0.717) is 12.6 Å². The minimum Gasteiger partial charge on any atom is -0.497 e. The summed E-state index contributed by atoms with van der Waals surface area (Å²) in [5, 5.41) is 8.69. The molecule has 0 radical (unpaired) electrons. The van der Waals surface area contributed by atoms with Crippen molar-refractivity contribution in [2.45, 2.75) is 51.5 Å². The van der Waals surface area contributed by atoms with Crippen LogP contribution in [0.25, 0.3) is 16.0 Å². The van der Waals surface area contributed by atoms with Crippen LogP contribution in [-0.4, -0.2) is 47.4 Å². The Morgan fingerprint density at radius 2 is 1.93 bits per heavy atom. The lowest BCUT2D eigenvalue weighted by atomic mass is 10.1. The minimum absolute atomic E-state index is 0.0668. The van der Waals surface area contributed by atoms with Crippen molar-refractivity contribution in [3.8, 4) is 11.4 Å². The summed E-state index contributed by atoms with van der Waals surface area (Å²) in [5.41, 5.74) is 2.68. The van der Waals surface area contributed by atoms with Crippen molar-refractivity contribution in [2.24, 2.45) is 0 Å². The van der Waals surface area contributed by atoms with Crippen molar-refractivity contribution < 1.29 is 9.53 Å². The molecule has 1 aromatic carbocycles. The van der Waals surface area contributed by atoms with Crippen molar-refractivity contribution in [1.29, 1.82) is 0 Å². The Morgan fingerprint density at radius 3 is 2.60 bits per heavy atom. The van der Waals surface area contributed by atoms with Crippen molar-refractivity contribution in [3.05, 3.63) is 30.0 Å². The number of anilines is 1. The van der Waals surface area contributed by atoms with Crippen molar-refractivity contribution >= 4 is 32.7 Å². The summed E-state index contributed by atoms with van der Waals surface area (Å²) in [5.74, 6) is 0.870. The Hall–Kier alpha value is -2.61. The number of nitrogens with zero attached hydrogens (tertiary/aromatic N) is 4. The van der Waals surface area contributed by atoms with E-state index in [2.05, 4.69) is 10.4 Å². The van der Waals surface area contributed by atoms with Gasteiger partial charge >= 0.3 is 0 Å². The lowest BCUT2D eigenvalue weighted by Gasteiger charge is -2.20. The molecule has 30 heavy (non-hydrogen) atoms. The van der Waals surface area contributed by atoms with E-state index in [-0.39, 0.29) is 5.91 Å². The van der Waals surface area contributed by atoms with Gasteiger partial charge in [0.2, 0.25) is 5.91 Å². The Bertz CT molecular complexity index is 1000. The summed E-state index contributed by atoms with van der Waals surface area (Å²) in [7, 11) is 3.57. The van der Waals surface area contributed by atoms with Gasteiger partial charge in [-0.05, 0) is 44.0 Å². The van der Waals surface area contributed by atoms with Gasteiger partial charge in [-0.3, -0.25) is 4.79 Å². The molecule has 160 valence electrons. The molecule has 1 N–H and O–H groups in total. The molecule has 8 heteroatoms. The average Bonchev–Trinajstić information content (AvgIpc) is 3.20. The number of hydrogen-bond acceptors (Lipinski definition) is 6. The van der Waals surface area contributed by atoms with Crippen molar-refractivity contribution in [3.63, 3.8) is 0 Å². The third kappa shape index (κ3) is 4.43. The van der Waals surface area contributed by atoms with Gasteiger partial charge in [0.1, 0.15) is 5.75 Å². The van der Waals surface area contributed by atoms with Gasteiger partial charge in [0, 0.05) is 13.1 Å². The highest BCUT2D eigenvalue weighted by Gasteiger charge is 2.20. The zero-order valence-corrected chi connectivity index (χ0v) is 18.7. The number of aromatic nitrogens is 3. The standard InChI is InChI=1S/C22H29N5O2S/c1-15-20-21(27(25-15)17-10-12-18(29-3)13-11-17)24-22(30-20)26(2)14-19(28)23-16-8-6-4-5-7-9-16/h10-13,16H,4-9,14H2,1-3H3,(H,23,28). The fourth-order valence-corrected chi connectivity index (χ4v) is 4.92. The number of carbonyl (C=O) groups excluding carboxylic acids is 1. The van der Waals surface area contributed by atoms with Crippen LogP contribution in [-0.2, 0) is 4.79 Å². The highest BCUT2D eigenvalue weighted by Crippen LogP contribution is 2.32. The van der Waals surface area contributed by atoms with E-state index >= 15 is 0 Å². The predicted molar refractivity (Wildman–Crippen MR) is 121 cm³/mol. The van der Waals surface area contributed by atoms with Crippen LogP contribution in [0.2, 0.25) is 0 Å². The van der Waals surface area contributed by atoms with Gasteiger partial charge in [0.05, 0.1) is 29.7 Å². The number of nitrogens with one attached hydrogen (secondary N) is 1. The number of aryl methyl sites for hydroxylation is 1. The molecule has 0 bridgehead atoms. The molecule has 0 atom stereocenters. The molecule has 2 aromatic heterocycles. The number of amides is 1. The Labute approximate surface area is 181 Å². The smallest absolute Gasteiger partial charge is 0.239 e. The highest BCUT2D eigenvalue weighted by molar-refractivity contribution is 7.22. The Balaban J connectivity index is 1.49. The summed E-state index contributed by atoms with van der Waals surface area (Å²) in [6.45, 7) is 2.30. The first-order valence-corrected chi connectivity index (χ1v) is 11.4. The monoisotopic (exact) mass is 427 g/mol. The molecule has 0 spiro atoms. The summed E-state index contributed by atoms with van der Waals surface area (Å²) >= 11 is 1.57. The van der Waals surface area contributed by atoms with E-state index < -0.39 is 0 Å². The van der Waals surface area contributed by atoms with Gasteiger partial charge in [-0.2, -0.15) is 10.1 Å². The zero-order valence-electron chi connectivity index (χ0n) is 17.9. The molecule has 0 aliphatic heterocycles. The van der Waals surface area contributed by atoms with E-state index in [9.17, 15) is 4.79 Å². The SMILES string of the molecule is COc1ccc(-n2nc(C)c3sc(N(C)CC(=O)NC4CCCCCC4)nc32)cc1. The van der Waals surface area contributed by atoms with Crippen molar-refractivity contribution in [1.82, 2.24) is 20.1 Å². The average molecular weight is 428 g/mol. The maximum atomic E-state index is 12.6. The molecule has 1 fully saturated rings. The number of benzene rings is 1. The normalized spacial score (nSPS) is 15.2. The lowest BCUT2D eigenvalue weighted by Crippen LogP contribution is -2.40. The van der Waals surface area contributed by atoms with Crippen LogP contribution < -0.4 is 15.0 Å². The van der Waals surface area contributed by atoms with E-state index in [1.54, 1.807) is 18.4 Å². The fraction of sp³-hybridized carbons (Fsp3) is 0.500. The third-order valence-corrected chi connectivity index (χ3v) is 6.89. The van der Waals surface area contributed by atoms with Gasteiger partial charge in [-0.1, -0.05) is 37.0 Å². The number of likely N-dealkylation sites (N-methyl/N-ethyl adjacent to an activating group) is 1. The van der Waals surface area contributed by atoms with Crippen LogP contribution in [0.1, 0.15) is 44.2 Å². The first-order valence-electron chi connectivity index (χ1n) is 10.6. The van der Waals surface area contributed by atoms with Crippen LogP contribution in [0.5, 0.6) is 5.75 Å². The molecule has 0 saturated heterocycles. The molecular weight excluding hydrogens is 398 g/mol. The second-order valence-corrected chi connectivity index (χ2v) is 8.93. The van der Waals surface area contributed by atoms with E-state index in [1.807, 2.05) is 47.8 Å². The molecule has 4 rings (SSSR count). The molecule has 1 amide bonds. The summed E-state index contributed by atoms with van der Waals surface area (Å²) in [6, 6.07) is 8.07. The number of carbonyl (C=O) groups is 1. The molecule has 0 unspecified atom stereocenters. The number of rotatable bonds is 6. The van der Waals surface area contributed by atoms with Gasteiger partial charge in [0.15, 0.2) is 10.8 Å². The largest absolute Gasteiger partial charge is 0.497 e. The fourth-order valence-electron chi connectivity index (χ4n) is 3.97. The first kappa shape index (κ1) is 20.7. The summed E-state index contributed by atoms with van der Waals surface area (Å²) < 4.78 is 8.13. The van der Waals surface area contributed by atoms with Crippen molar-refractivity contribution in [2.75, 3.05) is 25.6 Å².